The van der Waals surface area contributed by atoms with Crippen molar-refractivity contribution in [2.24, 2.45) is 0 Å². The van der Waals surface area contributed by atoms with Crippen molar-refractivity contribution in [1.82, 2.24) is 10.2 Å². The number of rotatable bonds is 1. The molecule has 0 spiro atoms. The molecule has 1 amide bonds. The van der Waals surface area contributed by atoms with E-state index in [1.165, 1.54) is 6.08 Å². The predicted molar refractivity (Wildman–Crippen MR) is 60.9 cm³/mol. The number of carbonyl (C=O) groups is 1. The average molecular weight is 258 g/mol. The Morgan fingerprint density at radius 3 is 2.83 bits per heavy atom. The Kier molecular flexibility index (Phi) is 3.86. The van der Waals surface area contributed by atoms with Crippen LogP contribution in [0.5, 0.6) is 0 Å². The number of fused-ring (bicyclic) bond motifs is 3. The van der Waals surface area contributed by atoms with Gasteiger partial charge in [-0.15, -0.1) is 0 Å². The molecule has 0 aromatic heterocycles. The van der Waals surface area contributed by atoms with E-state index >= 15 is 0 Å². The molecule has 2 fully saturated rings. The number of aliphatic hydroxyl groups is 2. The van der Waals surface area contributed by atoms with Gasteiger partial charge in [-0.1, -0.05) is 13.8 Å². The van der Waals surface area contributed by atoms with E-state index in [1.807, 2.05) is 13.8 Å². The third-order valence-corrected chi connectivity index (χ3v) is 3.01. The van der Waals surface area contributed by atoms with Crippen LogP contribution in [-0.4, -0.2) is 58.5 Å². The molecule has 0 bridgehead atoms. The maximum absolute atomic E-state index is 11.1. The first-order chi connectivity index (χ1) is 8.70. The molecule has 3 aliphatic rings. The summed E-state index contributed by atoms with van der Waals surface area (Å²) in [7, 11) is 0. The van der Waals surface area contributed by atoms with Crippen LogP contribution in [0, 0.1) is 0 Å². The topological polar surface area (TPSA) is 91.3 Å². The van der Waals surface area contributed by atoms with E-state index in [4.69, 9.17) is 14.6 Å². The van der Waals surface area contributed by atoms with E-state index in [1.54, 1.807) is 11.1 Å². The zero-order valence-electron chi connectivity index (χ0n) is 10.3. The number of ether oxygens (including phenoxy) is 2. The Morgan fingerprint density at radius 2 is 2.17 bits per heavy atom. The van der Waals surface area contributed by atoms with Crippen molar-refractivity contribution in [2.75, 3.05) is 6.61 Å². The normalized spacial score (nSPS) is 40.8. The fourth-order valence-electron chi connectivity index (χ4n) is 2.20. The Labute approximate surface area is 105 Å². The highest BCUT2D eigenvalue weighted by molar-refractivity contribution is 5.88. The maximum Gasteiger partial charge on any atom is 0.248 e. The highest BCUT2D eigenvalue weighted by Gasteiger charge is 2.54. The number of aliphatic hydroxyl groups excluding tert-OH is 2. The quantitative estimate of drug-likeness (QED) is 0.542. The van der Waals surface area contributed by atoms with Crippen molar-refractivity contribution in [3.05, 3.63) is 12.3 Å². The highest BCUT2D eigenvalue weighted by Crippen LogP contribution is 2.34. The Bertz CT molecular complexity index is 348. The molecule has 7 heteroatoms. The lowest BCUT2D eigenvalue weighted by Gasteiger charge is -2.29. The third kappa shape index (κ3) is 1.99. The van der Waals surface area contributed by atoms with Crippen molar-refractivity contribution >= 4 is 5.91 Å². The van der Waals surface area contributed by atoms with Gasteiger partial charge in [-0.3, -0.25) is 4.79 Å². The molecular formula is C11H18N2O5. The summed E-state index contributed by atoms with van der Waals surface area (Å²) in [4.78, 5) is 12.8. The first-order valence-electron chi connectivity index (χ1n) is 6.06. The van der Waals surface area contributed by atoms with Gasteiger partial charge in [0.15, 0.2) is 6.23 Å². The molecule has 0 radical (unpaired) electrons. The summed E-state index contributed by atoms with van der Waals surface area (Å²) in [5, 5.41) is 21.4. The van der Waals surface area contributed by atoms with E-state index < -0.39 is 30.9 Å². The molecule has 2 saturated heterocycles. The SMILES string of the molecule is CC.O=C1C=CN2C(N1)OC1C(O)C(CO)OC12. The van der Waals surface area contributed by atoms with Crippen LogP contribution in [0.25, 0.3) is 0 Å². The van der Waals surface area contributed by atoms with Gasteiger partial charge < -0.3 is 29.9 Å². The number of hydrogen-bond donors (Lipinski definition) is 3. The third-order valence-electron chi connectivity index (χ3n) is 3.01. The van der Waals surface area contributed by atoms with Gasteiger partial charge in [-0.25, -0.2) is 0 Å². The fraction of sp³-hybridized carbons (Fsp3) is 0.727. The van der Waals surface area contributed by atoms with Crippen molar-refractivity contribution < 1.29 is 24.5 Å². The van der Waals surface area contributed by atoms with Crippen LogP contribution < -0.4 is 5.32 Å². The molecule has 0 aromatic rings. The van der Waals surface area contributed by atoms with E-state index in [2.05, 4.69) is 5.32 Å². The number of hydrogen-bond acceptors (Lipinski definition) is 6. The molecule has 0 aromatic carbocycles. The second kappa shape index (κ2) is 5.23. The average Bonchev–Trinajstić information content (AvgIpc) is 2.88. The maximum atomic E-state index is 11.1. The van der Waals surface area contributed by atoms with Crippen LogP contribution in [0.4, 0.5) is 0 Å². The minimum atomic E-state index is -0.883. The molecule has 3 rings (SSSR count). The Hall–Kier alpha value is -1.15. The van der Waals surface area contributed by atoms with Gasteiger partial charge in [0.25, 0.3) is 0 Å². The van der Waals surface area contributed by atoms with Gasteiger partial charge in [-0.05, 0) is 0 Å². The Balaban J connectivity index is 0.000000574. The zero-order chi connectivity index (χ0) is 13.3. The largest absolute Gasteiger partial charge is 0.394 e. The van der Waals surface area contributed by atoms with Crippen molar-refractivity contribution in [3.8, 4) is 0 Å². The summed E-state index contributed by atoms with van der Waals surface area (Å²) in [5.41, 5.74) is 0. The lowest BCUT2D eigenvalue weighted by Crippen LogP contribution is -2.48. The molecule has 3 heterocycles. The van der Waals surface area contributed by atoms with E-state index in [-0.39, 0.29) is 12.5 Å². The molecule has 102 valence electrons. The Morgan fingerprint density at radius 1 is 1.44 bits per heavy atom. The summed E-state index contributed by atoms with van der Waals surface area (Å²) in [6.45, 7) is 3.74. The summed E-state index contributed by atoms with van der Waals surface area (Å²) >= 11 is 0. The fourth-order valence-corrected chi connectivity index (χ4v) is 2.20. The predicted octanol–water partition coefficient (Wildman–Crippen LogP) is -1.28. The van der Waals surface area contributed by atoms with Crippen molar-refractivity contribution in [2.45, 2.75) is 44.7 Å². The van der Waals surface area contributed by atoms with Gasteiger partial charge in [0.1, 0.15) is 18.3 Å². The van der Waals surface area contributed by atoms with E-state index in [0.29, 0.717) is 0 Å². The van der Waals surface area contributed by atoms with Crippen molar-refractivity contribution in [1.29, 1.82) is 0 Å². The first-order valence-corrected chi connectivity index (χ1v) is 6.06. The minimum absolute atomic E-state index is 0.241. The summed E-state index contributed by atoms with van der Waals surface area (Å²) in [6.07, 6.45) is -0.195. The van der Waals surface area contributed by atoms with Crippen LogP contribution in [0.3, 0.4) is 0 Å². The molecular weight excluding hydrogens is 240 g/mol. The summed E-state index contributed by atoms with van der Waals surface area (Å²) in [5.74, 6) is -0.241. The summed E-state index contributed by atoms with van der Waals surface area (Å²) in [6, 6.07) is 0. The molecule has 5 atom stereocenters. The van der Waals surface area contributed by atoms with Crippen LogP contribution >= 0.6 is 0 Å². The second-order valence-corrected chi connectivity index (χ2v) is 3.96. The molecule has 3 N–H and O–H groups in total. The lowest BCUT2D eigenvalue weighted by molar-refractivity contribution is -0.133. The number of carbonyl (C=O) groups excluding carboxylic acids is 1. The molecule has 0 aliphatic carbocycles. The van der Waals surface area contributed by atoms with Gasteiger partial charge in [0.05, 0.1) is 6.61 Å². The van der Waals surface area contributed by atoms with Crippen LogP contribution in [0.1, 0.15) is 13.8 Å². The zero-order valence-corrected chi connectivity index (χ0v) is 10.3. The van der Waals surface area contributed by atoms with Gasteiger partial charge in [0.2, 0.25) is 12.3 Å². The van der Waals surface area contributed by atoms with Crippen LogP contribution in [0.15, 0.2) is 12.3 Å². The van der Waals surface area contributed by atoms with Crippen LogP contribution in [0.2, 0.25) is 0 Å². The van der Waals surface area contributed by atoms with Crippen molar-refractivity contribution in [3.63, 3.8) is 0 Å². The molecule has 5 unspecified atom stereocenters. The van der Waals surface area contributed by atoms with Gasteiger partial charge in [0, 0.05) is 12.3 Å². The molecule has 18 heavy (non-hydrogen) atoms. The second-order valence-electron chi connectivity index (χ2n) is 3.96. The number of nitrogens with zero attached hydrogens (tertiary/aromatic N) is 1. The van der Waals surface area contributed by atoms with Gasteiger partial charge >= 0.3 is 0 Å². The molecule has 0 saturated carbocycles. The monoisotopic (exact) mass is 258 g/mol. The first kappa shape index (κ1) is 13.3. The molecule has 7 nitrogen and oxygen atoms in total. The molecule has 3 aliphatic heterocycles. The van der Waals surface area contributed by atoms with E-state index in [0.717, 1.165) is 0 Å². The van der Waals surface area contributed by atoms with E-state index in [9.17, 15) is 9.90 Å². The summed E-state index contributed by atoms with van der Waals surface area (Å²) < 4.78 is 10.9. The van der Waals surface area contributed by atoms with Gasteiger partial charge in [-0.2, -0.15) is 0 Å². The smallest absolute Gasteiger partial charge is 0.248 e. The number of nitrogens with one attached hydrogen (secondary N) is 1. The minimum Gasteiger partial charge on any atom is -0.394 e. The number of amides is 1. The lowest BCUT2D eigenvalue weighted by atomic mass is 10.1. The standard InChI is InChI=1S/C9H12N2O5.C2H6/c12-3-4-6(14)7-8(15-4)11-2-1-5(13)10-9(11)16-7;1-2/h1-2,4,6-9,12,14H,3H2,(H,10,13);1-2H3. The van der Waals surface area contributed by atoms with Crippen LogP contribution in [-0.2, 0) is 14.3 Å². The highest BCUT2D eigenvalue weighted by atomic mass is 16.6.